The van der Waals surface area contributed by atoms with E-state index in [4.69, 9.17) is 9.47 Å². The molecule has 0 aliphatic carbocycles. The molecule has 3 aliphatic heterocycles. The quantitative estimate of drug-likeness (QED) is 0.348. The van der Waals surface area contributed by atoms with Crippen LogP contribution in [0.15, 0.2) is 88.7 Å². The van der Waals surface area contributed by atoms with Gasteiger partial charge in [0.05, 0.1) is 19.3 Å². The molecule has 1 saturated heterocycles. The second-order valence-electron chi connectivity index (χ2n) is 10.1. The van der Waals surface area contributed by atoms with E-state index in [0.29, 0.717) is 18.7 Å². The molecule has 0 saturated carbocycles. The van der Waals surface area contributed by atoms with Gasteiger partial charge in [0.2, 0.25) is 5.43 Å². The first-order valence-corrected chi connectivity index (χ1v) is 14.3. The number of rotatable bonds is 4. The Bertz CT molecular complexity index is 1710. The molecule has 3 aliphatic rings. The Kier molecular flexibility index (Phi) is 6.51. The first-order valence-electron chi connectivity index (χ1n) is 13.3. The van der Waals surface area contributed by atoms with Crippen LogP contribution in [0, 0.1) is 11.6 Å². The van der Waals surface area contributed by atoms with E-state index in [1.165, 1.54) is 17.8 Å². The molecule has 0 bridgehead atoms. The highest BCUT2D eigenvalue weighted by Gasteiger charge is 2.46. The number of nitrogens with zero attached hydrogens (tertiary/aromatic N) is 3. The van der Waals surface area contributed by atoms with Crippen LogP contribution < -0.4 is 15.2 Å². The Morgan fingerprint density at radius 2 is 1.76 bits per heavy atom. The smallest absolute Gasteiger partial charge is 0.278 e. The third-order valence-corrected chi connectivity index (χ3v) is 8.87. The van der Waals surface area contributed by atoms with Crippen LogP contribution in [-0.4, -0.2) is 41.4 Å². The Labute approximate surface area is 238 Å². The molecular weight excluding hydrogens is 548 g/mol. The van der Waals surface area contributed by atoms with Gasteiger partial charge in [0.1, 0.15) is 12.8 Å². The van der Waals surface area contributed by atoms with E-state index in [2.05, 4.69) is 0 Å². The first-order chi connectivity index (χ1) is 20.0. The van der Waals surface area contributed by atoms with Crippen LogP contribution in [0.5, 0.6) is 5.75 Å². The van der Waals surface area contributed by atoms with Gasteiger partial charge in [-0.2, -0.15) is 0 Å². The summed E-state index contributed by atoms with van der Waals surface area (Å²) in [6.07, 6.45) is 0.979. The number of pyridine rings is 1. The summed E-state index contributed by atoms with van der Waals surface area (Å²) in [5.74, 6) is -1.96. The van der Waals surface area contributed by atoms with E-state index in [1.807, 2.05) is 59.6 Å². The lowest BCUT2D eigenvalue weighted by atomic mass is 9.93. The van der Waals surface area contributed by atoms with E-state index in [0.717, 1.165) is 22.1 Å². The number of carbonyl (C=O) groups is 1. The minimum atomic E-state index is -0.911. The number of aromatic nitrogens is 1. The molecule has 1 fully saturated rings. The lowest BCUT2D eigenvalue weighted by Gasteiger charge is -2.51. The van der Waals surface area contributed by atoms with Gasteiger partial charge in [0, 0.05) is 35.0 Å². The van der Waals surface area contributed by atoms with Gasteiger partial charge < -0.3 is 14.4 Å². The monoisotopic (exact) mass is 573 g/mol. The number of hydrogen-bond acceptors (Lipinski definition) is 6. The molecule has 4 aromatic rings. The highest BCUT2D eigenvalue weighted by molar-refractivity contribution is 7.98. The molecule has 7 rings (SSSR count). The van der Waals surface area contributed by atoms with E-state index in [9.17, 15) is 14.0 Å². The van der Waals surface area contributed by atoms with Crippen molar-refractivity contribution in [3.63, 3.8) is 0 Å². The van der Waals surface area contributed by atoms with Gasteiger partial charge in [-0.15, -0.1) is 11.8 Å². The zero-order chi connectivity index (χ0) is 28.1. The SMILES string of the molecule is O=C1c2c(OCc3ccccc3)c(=O)ccn2N(C2c3ccccc3SCc3c2ccc(F)c3F)[C@@H]2COCCN12. The predicted octanol–water partition coefficient (Wildman–Crippen LogP) is 4.85. The van der Waals surface area contributed by atoms with Crippen molar-refractivity contribution in [2.75, 3.05) is 24.8 Å². The number of halogens is 2. The number of amides is 1. The Balaban J connectivity index is 1.45. The van der Waals surface area contributed by atoms with E-state index in [-0.39, 0.29) is 41.9 Å². The minimum absolute atomic E-state index is 0.0573. The van der Waals surface area contributed by atoms with Crippen LogP contribution in [-0.2, 0) is 17.1 Å². The summed E-state index contributed by atoms with van der Waals surface area (Å²) >= 11 is 1.44. The average Bonchev–Trinajstić information content (AvgIpc) is 3.17. The van der Waals surface area contributed by atoms with Crippen molar-refractivity contribution in [2.24, 2.45) is 0 Å². The number of ether oxygens (including phenoxy) is 2. The standard InChI is InChI=1S/C31H25F2N3O4S/c32-23-11-10-20-22(27(23)33)18-41-25-9-5-4-8-21(25)28(20)36-26-17-39-15-14-34(26)31(38)29-30(24(37)12-13-35(29)36)40-16-19-6-2-1-3-7-19/h1-13,26,28H,14-18H2/t26-,28?/m1/s1. The number of fused-ring (bicyclic) bond motifs is 4. The first kappa shape index (κ1) is 25.8. The van der Waals surface area contributed by atoms with E-state index < -0.39 is 29.3 Å². The molecule has 3 aromatic carbocycles. The Morgan fingerprint density at radius 3 is 2.61 bits per heavy atom. The molecule has 208 valence electrons. The van der Waals surface area contributed by atoms with Crippen molar-refractivity contribution >= 4 is 17.7 Å². The van der Waals surface area contributed by atoms with Crippen molar-refractivity contribution in [3.8, 4) is 5.75 Å². The largest absolute Gasteiger partial charge is 0.482 e. The molecule has 7 nitrogen and oxygen atoms in total. The van der Waals surface area contributed by atoms with Crippen LogP contribution in [0.1, 0.15) is 38.8 Å². The maximum absolute atomic E-state index is 15.3. The van der Waals surface area contributed by atoms with Gasteiger partial charge in [-0.3, -0.25) is 19.3 Å². The molecule has 0 N–H and O–H groups in total. The number of thioether (sulfide) groups is 1. The minimum Gasteiger partial charge on any atom is -0.482 e. The fourth-order valence-electron chi connectivity index (χ4n) is 5.84. The number of carbonyl (C=O) groups excluding carboxylic acids is 1. The van der Waals surface area contributed by atoms with E-state index >= 15 is 4.39 Å². The zero-order valence-corrected chi connectivity index (χ0v) is 22.7. The van der Waals surface area contributed by atoms with Gasteiger partial charge >= 0.3 is 0 Å². The van der Waals surface area contributed by atoms with Gasteiger partial charge in [0.15, 0.2) is 23.1 Å². The second-order valence-corrected chi connectivity index (χ2v) is 11.1. The van der Waals surface area contributed by atoms with Gasteiger partial charge in [-0.1, -0.05) is 54.6 Å². The van der Waals surface area contributed by atoms with Crippen LogP contribution in [0.25, 0.3) is 0 Å². The molecule has 1 aromatic heterocycles. The summed E-state index contributed by atoms with van der Waals surface area (Å²) in [7, 11) is 0. The summed E-state index contributed by atoms with van der Waals surface area (Å²) in [6.45, 7) is 0.932. The summed E-state index contributed by atoms with van der Waals surface area (Å²) in [6, 6.07) is 20.6. The third-order valence-electron chi connectivity index (χ3n) is 7.76. The summed E-state index contributed by atoms with van der Waals surface area (Å²) in [5, 5.41) is 1.94. The normalized spacial score (nSPS) is 19.5. The fourth-order valence-corrected chi connectivity index (χ4v) is 6.95. The van der Waals surface area contributed by atoms with Crippen LogP contribution >= 0.6 is 11.8 Å². The Hall–Kier alpha value is -4.15. The fraction of sp³-hybridized carbons (Fsp3) is 0.226. The van der Waals surface area contributed by atoms with Crippen LogP contribution in [0.2, 0.25) is 0 Å². The topological polar surface area (TPSA) is 64.0 Å². The maximum atomic E-state index is 15.3. The highest BCUT2D eigenvalue weighted by atomic mass is 32.2. The lowest BCUT2D eigenvalue weighted by Crippen LogP contribution is -2.66. The van der Waals surface area contributed by atoms with Gasteiger partial charge in [-0.05, 0) is 28.8 Å². The maximum Gasteiger partial charge on any atom is 0.278 e. The molecule has 1 amide bonds. The summed E-state index contributed by atoms with van der Waals surface area (Å²) in [4.78, 5) is 29.8. The molecule has 1 unspecified atom stereocenters. The molecule has 41 heavy (non-hydrogen) atoms. The molecule has 2 atom stereocenters. The van der Waals surface area contributed by atoms with Crippen LogP contribution in [0.3, 0.4) is 0 Å². The second kappa shape index (κ2) is 10.4. The average molecular weight is 574 g/mol. The number of morpholine rings is 1. The predicted molar refractivity (Wildman–Crippen MR) is 150 cm³/mol. The summed E-state index contributed by atoms with van der Waals surface area (Å²) < 4.78 is 43.4. The van der Waals surface area contributed by atoms with E-state index in [1.54, 1.807) is 21.8 Å². The molecule has 0 radical (unpaired) electrons. The number of hydrogen-bond donors (Lipinski definition) is 0. The molecule has 0 spiro atoms. The molecule has 4 heterocycles. The van der Waals surface area contributed by atoms with Gasteiger partial charge in [0.25, 0.3) is 5.91 Å². The number of benzene rings is 3. The Morgan fingerprint density at radius 1 is 0.951 bits per heavy atom. The zero-order valence-electron chi connectivity index (χ0n) is 21.8. The van der Waals surface area contributed by atoms with Crippen molar-refractivity contribution < 1.29 is 23.0 Å². The van der Waals surface area contributed by atoms with Gasteiger partial charge in [-0.25, -0.2) is 8.78 Å². The van der Waals surface area contributed by atoms with Crippen molar-refractivity contribution in [1.29, 1.82) is 0 Å². The van der Waals surface area contributed by atoms with Crippen LogP contribution in [0.4, 0.5) is 8.78 Å². The molecule has 10 heteroatoms. The van der Waals surface area contributed by atoms with Crippen molar-refractivity contribution in [1.82, 2.24) is 9.58 Å². The van der Waals surface area contributed by atoms with Crippen molar-refractivity contribution in [3.05, 3.63) is 129 Å². The molecular formula is C31H25F2N3O4S. The third kappa shape index (κ3) is 4.29. The van der Waals surface area contributed by atoms with Crippen molar-refractivity contribution in [2.45, 2.75) is 29.5 Å². The lowest BCUT2D eigenvalue weighted by molar-refractivity contribution is -0.0199. The summed E-state index contributed by atoms with van der Waals surface area (Å²) in [5.41, 5.74) is 2.23. The highest BCUT2D eigenvalue weighted by Crippen LogP contribution is 2.45.